The number of benzene rings is 1. The highest BCUT2D eigenvalue weighted by molar-refractivity contribution is 5.77. The van der Waals surface area contributed by atoms with Gasteiger partial charge in [0.1, 0.15) is 5.82 Å². The van der Waals surface area contributed by atoms with Gasteiger partial charge in [0.05, 0.1) is 11.6 Å². The molecule has 1 fully saturated rings. The number of nitrogens with one attached hydrogen (secondary N) is 1. The molecule has 1 unspecified atom stereocenters. The van der Waals surface area contributed by atoms with Gasteiger partial charge in [-0.05, 0) is 37.1 Å². The first-order chi connectivity index (χ1) is 9.61. The maximum atomic E-state index is 14.2. The minimum absolute atomic E-state index is 0.176. The largest absolute Gasteiger partial charge is 0.369 e. The number of anilines is 1. The maximum absolute atomic E-state index is 14.2. The normalized spacial score (nSPS) is 19.1. The molecule has 0 saturated carbocycles. The number of amides is 1. The highest BCUT2D eigenvalue weighted by Crippen LogP contribution is 2.26. The number of piperidine rings is 1. The van der Waals surface area contributed by atoms with Gasteiger partial charge in [-0.1, -0.05) is 13.0 Å². The molecule has 1 saturated heterocycles. The molecule has 0 aromatic heterocycles. The monoisotopic (exact) mass is 279 g/mol. The van der Waals surface area contributed by atoms with Crippen molar-refractivity contribution in [3.05, 3.63) is 29.6 Å². The first kappa shape index (κ1) is 14.8. The van der Waals surface area contributed by atoms with Crippen molar-refractivity contribution in [2.75, 3.05) is 24.5 Å². The predicted octanol–water partition coefficient (Wildman–Crippen LogP) is 1.64. The Kier molecular flexibility index (Phi) is 4.95. The third-order valence-corrected chi connectivity index (χ3v) is 3.76. The SMILES string of the molecule is CCNCc1ccc(N2CCCC(C(N)=O)C2)c(F)c1. The minimum atomic E-state index is -0.293. The van der Waals surface area contributed by atoms with Crippen molar-refractivity contribution in [2.24, 2.45) is 11.7 Å². The maximum Gasteiger partial charge on any atom is 0.222 e. The lowest BCUT2D eigenvalue weighted by atomic mass is 9.97. The summed E-state index contributed by atoms with van der Waals surface area (Å²) in [6.45, 7) is 4.82. The van der Waals surface area contributed by atoms with Crippen molar-refractivity contribution in [1.82, 2.24) is 5.32 Å². The highest BCUT2D eigenvalue weighted by atomic mass is 19.1. The summed E-state index contributed by atoms with van der Waals surface area (Å²) >= 11 is 0. The Labute approximate surface area is 119 Å². The van der Waals surface area contributed by atoms with E-state index in [0.717, 1.165) is 31.5 Å². The fraction of sp³-hybridized carbons (Fsp3) is 0.533. The second-order valence-corrected chi connectivity index (χ2v) is 5.25. The van der Waals surface area contributed by atoms with Crippen molar-refractivity contribution in [2.45, 2.75) is 26.3 Å². The van der Waals surface area contributed by atoms with Crippen LogP contribution in [0.2, 0.25) is 0 Å². The number of nitrogens with zero attached hydrogens (tertiary/aromatic N) is 1. The highest BCUT2D eigenvalue weighted by Gasteiger charge is 2.25. The number of carbonyl (C=O) groups is 1. The molecule has 3 N–H and O–H groups in total. The first-order valence-electron chi connectivity index (χ1n) is 7.15. The van der Waals surface area contributed by atoms with E-state index >= 15 is 0 Å². The quantitative estimate of drug-likeness (QED) is 0.861. The van der Waals surface area contributed by atoms with Crippen molar-refractivity contribution in [1.29, 1.82) is 0 Å². The molecule has 1 aliphatic heterocycles. The molecule has 4 nitrogen and oxygen atoms in total. The van der Waals surface area contributed by atoms with Gasteiger partial charge in [-0.2, -0.15) is 0 Å². The van der Waals surface area contributed by atoms with Gasteiger partial charge in [0.15, 0.2) is 0 Å². The Morgan fingerprint density at radius 2 is 2.35 bits per heavy atom. The second-order valence-electron chi connectivity index (χ2n) is 5.25. The summed E-state index contributed by atoms with van der Waals surface area (Å²) in [7, 11) is 0. The molecule has 2 rings (SSSR count). The van der Waals surface area contributed by atoms with Crippen LogP contribution < -0.4 is 16.0 Å². The van der Waals surface area contributed by atoms with Gasteiger partial charge >= 0.3 is 0 Å². The lowest BCUT2D eigenvalue weighted by molar-refractivity contribution is -0.122. The molecule has 0 radical (unpaired) electrons. The van der Waals surface area contributed by atoms with Crippen LogP contribution >= 0.6 is 0 Å². The molecule has 0 spiro atoms. The number of nitrogens with two attached hydrogens (primary N) is 1. The van der Waals surface area contributed by atoms with E-state index in [-0.39, 0.29) is 17.6 Å². The molecule has 5 heteroatoms. The van der Waals surface area contributed by atoms with Crippen LogP contribution in [0, 0.1) is 11.7 Å². The van der Waals surface area contributed by atoms with E-state index in [1.807, 2.05) is 17.9 Å². The van der Waals surface area contributed by atoms with E-state index in [1.165, 1.54) is 0 Å². The zero-order valence-electron chi connectivity index (χ0n) is 11.9. The van der Waals surface area contributed by atoms with Gasteiger partial charge in [0.2, 0.25) is 5.91 Å². The van der Waals surface area contributed by atoms with E-state index in [0.29, 0.717) is 18.8 Å². The lowest BCUT2D eigenvalue weighted by Gasteiger charge is -2.33. The van der Waals surface area contributed by atoms with Crippen LogP contribution in [0.5, 0.6) is 0 Å². The summed E-state index contributed by atoms with van der Waals surface area (Å²) in [6.07, 6.45) is 1.66. The van der Waals surface area contributed by atoms with Crippen LogP contribution in [-0.4, -0.2) is 25.5 Å². The molecule has 1 aromatic rings. The van der Waals surface area contributed by atoms with Crippen LogP contribution in [-0.2, 0) is 11.3 Å². The fourth-order valence-electron chi connectivity index (χ4n) is 2.61. The van der Waals surface area contributed by atoms with Crippen LogP contribution in [0.25, 0.3) is 0 Å². The zero-order valence-corrected chi connectivity index (χ0v) is 11.9. The third kappa shape index (κ3) is 3.48. The lowest BCUT2D eigenvalue weighted by Crippen LogP contribution is -2.41. The van der Waals surface area contributed by atoms with Gasteiger partial charge in [-0.15, -0.1) is 0 Å². The standard InChI is InChI=1S/C15H22FN3O/c1-2-18-9-11-5-6-14(13(16)8-11)19-7-3-4-12(10-19)15(17)20/h5-6,8,12,18H,2-4,7,9-10H2,1H3,(H2,17,20). The first-order valence-corrected chi connectivity index (χ1v) is 7.15. The predicted molar refractivity (Wildman–Crippen MR) is 77.9 cm³/mol. The number of carbonyl (C=O) groups excluding carboxylic acids is 1. The Hall–Kier alpha value is -1.62. The third-order valence-electron chi connectivity index (χ3n) is 3.76. The molecule has 0 bridgehead atoms. The fourth-order valence-corrected chi connectivity index (χ4v) is 2.61. The van der Waals surface area contributed by atoms with E-state index in [9.17, 15) is 9.18 Å². The van der Waals surface area contributed by atoms with Gasteiger partial charge < -0.3 is 16.0 Å². The van der Waals surface area contributed by atoms with Crippen molar-refractivity contribution >= 4 is 11.6 Å². The van der Waals surface area contributed by atoms with Gasteiger partial charge in [0.25, 0.3) is 0 Å². The molecule has 1 amide bonds. The van der Waals surface area contributed by atoms with E-state index < -0.39 is 0 Å². The molecular formula is C15H22FN3O. The van der Waals surface area contributed by atoms with Crippen molar-refractivity contribution in [3.8, 4) is 0 Å². The average Bonchev–Trinajstić information content (AvgIpc) is 2.45. The summed E-state index contributed by atoms with van der Waals surface area (Å²) in [5.41, 5.74) is 6.85. The molecule has 1 aromatic carbocycles. The van der Waals surface area contributed by atoms with Crippen LogP contribution in [0.15, 0.2) is 18.2 Å². The molecule has 0 aliphatic carbocycles. The minimum Gasteiger partial charge on any atom is -0.369 e. The summed E-state index contributed by atoms with van der Waals surface area (Å²) in [6, 6.07) is 5.28. The topological polar surface area (TPSA) is 58.4 Å². The van der Waals surface area contributed by atoms with Gasteiger partial charge in [-0.3, -0.25) is 4.79 Å². The van der Waals surface area contributed by atoms with Crippen LogP contribution in [0.3, 0.4) is 0 Å². The smallest absolute Gasteiger partial charge is 0.222 e. The molecule has 20 heavy (non-hydrogen) atoms. The molecular weight excluding hydrogens is 257 g/mol. The molecule has 1 heterocycles. The van der Waals surface area contributed by atoms with Crippen LogP contribution in [0.1, 0.15) is 25.3 Å². The molecule has 1 atom stereocenters. The number of halogens is 1. The van der Waals surface area contributed by atoms with E-state index in [1.54, 1.807) is 12.1 Å². The Bertz CT molecular complexity index is 478. The van der Waals surface area contributed by atoms with Crippen LogP contribution in [0.4, 0.5) is 10.1 Å². The van der Waals surface area contributed by atoms with E-state index in [4.69, 9.17) is 5.73 Å². The number of primary amides is 1. The number of hydrogen-bond donors (Lipinski definition) is 2. The Morgan fingerprint density at radius 1 is 1.55 bits per heavy atom. The Balaban J connectivity index is 2.10. The summed E-state index contributed by atoms with van der Waals surface area (Å²) in [4.78, 5) is 13.2. The van der Waals surface area contributed by atoms with Crippen molar-refractivity contribution < 1.29 is 9.18 Å². The summed E-state index contributed by atoms with van der Waals surface area (Å²) in [5, 5.41) is 3.17. The molecule has 1 aliphatic rings. The average molecular weight is 279 g/mol. The number of rotatable bonds is 5. The molecule has 110 valence electrons. The second kappa shape index (κ2) is 6.70. The van der Waals surface area contributed by atoms with Gasteiger partial charge in [0, 0.05) is 19.6 Å². The Morgan fingerprint density at radius 3 is 3.00 bits per heavy atom. The van der Waals surface area contributed by atoms with Gasteiger partial charge in [-0.25, -0.2) is 4.39 Å². The summed E-state index contributed by atoms with van der Waals surface area (Å²) < 4.78 is 14.2. The summed E-state index contributed by atoms with van der Waals surface area (Å²) in [5.74, 6) is -0.700. The van der Waals surface area contributed by atoms with E-state index in [2.05, 4.69) is 5.32 Å². The zero-order chi connectivity index (χ0) is 14.5. The number of hydrogen-bond acceptors (Lipinski definition) is 3. The van der Waals surface area contributed by atoms with Crippen molar-refractivity contribution in [3.63, 3.8) is 0 Å².